The van der Waals surface area contributed by atoms with Gasteiger partial charge in [-0.3, -0.25) is 9.59 Å². The summed E-state index contributed by atoms with van der Waals surface area (Å²) in [5.74, 6) is -11.4. The third-order valence-corrected chi connectivity index (χ3v) is 1.92. The van der Waals surface area contributed by atoms with Crippen molar-refractivity contribution < 1.29 is 41.4 Å². The molecule has 1 atom stereocenters. The van der Waals surface area contributed by atoms with Gasteiger partial charge in [0.15, 0.2) is 0 Å². The Balaban J connectivity index is 4.82. The molecule has 2 amide bonds. The van der Waals surface area contributed by atoms with Gasteiger partial charge in [-0.05, 0) is 6.42 Å². The molecule has 0 aromatic heterocycles. The van der Waals surface area contributed by atoms with Crippen LogP contribution in [0, 0.1) is 0 Å². The number of alkyl halides is 5. The molecule has 0 aliphatic carbocycles. The van der Waals surface area contributed by atoms with Gasteiger partial charge in [0.1, 0.15) is 6.04 Å². The van der Waals surface area contributed by atoms with Crippen molar-refractivity contribution >= 4 is 17.8 Å². The molecule has 0 spiro atoms. The van der Waals surface area contributed by atoms with Crippen LogP contribution in [0.15, 0.2) is 0 Å². The van der Waals surface area contributed by atoms with E-state index < -0.39 is 48.8 Å². The van der Waals surface area contributed by atoms with Crippen LogP contribution in [0.1, 0.15) is 12.8 Å². The van der Waals surface area contributed by atoms with Gasteiger partial charge in [0.05, 0.1) is 0 Å². The summed E-state index contributed by atoms with van der Waals surface area (Å²) in [5.41, 5.74) is 4.65. The molecule has 0 aliphatic rings. The number of carboxylic acids is 1. The summed E-state index contributed by atoms with van der Waals surface area (Å²) in [5, 5.41) is 9.51. The number of primary amides is 1. The Bertz CT molecular complexity index is 382. The minimum Gasteiger partial charge on any atom is -0.480 e. The lowest BCUT2D eigenvalue weighted by atomic mass is 10.1. The number of rotatable bonds is 6. The van der Waals surface area contributed by atoms with Gasteiger partial charge >= 0.3 is 24.0 Å². The summed E-state index contributed by atoms with van der Waals surface area (Å²) < 4.78 is 60.5. The van der Waals surface area contributed by atoms with E-state index in [1.54, 1.807) is 0 Å². The van der Waals surface area contributed by atoms with Crippen molar-refractivity contribution in [2.45, 2.75) is 31.0 Å². The molecule has 0 unspecified atom stereocenters. The van der Waals surface area contributed by atoms with Crippen molar-refractivity contribution in [3.63, 3.8) is 0 Å². The SMILES string of the molecule is NC(=O)CC[C@H](NC(=O)C(F)(F)C(F)(F)F)C(=O)O. The fourth-order valence-corrected chi connectivity index (χ4v) is 0.922. The van der Waals surface area contributed by atoms with Crippen LogP contribution < -0.4 is 11.1 Å². The van der Waals surface area contributed by atoms with Gasteiger partial charge in [0.25, 0.3) is 0 Å². The van der Waals surface area contributed by atoms with E-state index in [1.807, 2.05) is 0 Å². The normalized spacial score (nSPS) is 13.7. The zero-order valence-electron chi connectivity index (χ0n) is 9.13. The zero-order valence-corrected chi connectivity index (χ0v) is 9.13. The Morgan fingerprint density at radius 2 is 1.63 bits per heavy atom. The van der Waals surface area contributed by atoms with Crippen LogP contribution in [0.3, 0.4) is 0 Å². The van der Waals surface area contributed by atoms with Crippen molar-refractivity contribution in [1.82, 2.24) is 5.32 Å². The maximum absolute atomic E-state index is 12.5. The third kappa shape index (κ3) is 4.67. The van der Waals surface area contributed by atoms with E-state index >= 15 is 0 Å². The van der Waals surface area contributed by atoms with E-state index in [0.717, 1.165) is 5.32 Å². The van der Waals surface area contributed by atoms with Gasteiger partial charge < -0.3 is 16.2 Å². The summed E-state index contributed by atoms with van der Waals surface area (Å²) in [7, 11) is 0. The largest absolute Gasteiger partial charge is 0.480 e. The summed E-state index contributed by atoms with van der Waals surface area (Å²) in [4.78, 5) is 31.6. The van der Waals surface area contributed by atoms with Crippen LogP contribution in [-0.2, 0) is 14.4 Å². The molecule has 4 N–H and O–H groups in total. The number of hydrogen-bond acceptors (Lipinski definition) is 3. The fourth-order valence-electron chi connectivity index (χ4n) is 0.922. The molecular formula is C8H9F5N2O4. The molecule has 0 aliphatic heterocycles. The molecule has 0 heterocycles. The highest BCUT2D eigenvalue weighted by Gasteiger charge is 2.63. The van der Waals surface area contributed by atoms with Crippen LogP contribution in [-0.4, -0.2) is 41.0 Å². The van der Waals surface area contributed by atoms with Crippen LogP contribution >= 0.6 is 0 Å². The van der Waals surface area contributed by atoms with Crippen molar-refractivity contribution in [3.8, 4) is 0 Å². The van der Waals surface area contributed by atoms with Gasteiger partial charge in [-0.1, -0.05) is 0 Å². The molecule has 0 fully saturated rings. The molecular weight excluding hydrogens is 283 g/mol. The lowest BCUT2D eigenvalue weighted by Gasteiger charge is -2.21. The molecule has 0 bridgehead atoms. The van der Waals surface area contributed by atoms with E-state index in [1.165, 1.54) is 0 Å². The van der Waals surface area contributed by atoms with Crippen molar-refractivity contribution in [2.24, 2.45) is 5.73 Å². The van der Waals surface area contributed by atoms with Crippen molar-refractivity contribution in [1.29, 1.82) is 0 Å². The summed E-state index contributed by atoms with van der Waals surface area (Å²) in [6.45, 7) is 0. The average molecular weight is 292 g/mol. The standard InChI is InChI=1S/C8H9F5N2O4/c9-7(10,8(11,12)13)6(19)15-3(5(17)18)1-2-4(14)16/h3H,1-2H2,(H2,14,16)(H,15,19)(H,17,18)/t3-/m0/s1. The van der Waals surface area contributed by atoms with Gasteiger partial charge in [-0.2, -0.15) is 22.0 Å². The minimum atomic E-state index is -6.15. The number of halogens is 5. The van der Waals surface area contributed by atoms with Crippen LogP contribution in [0.2, 0.25) is 0 Å². The summed E-state index contributed by atoms with van der Waals surface area (Å²) in [6.07, 6.45) is -7.46. The van der Waals surface area contributed by atoms with E-state index in [9.17, 15) is 36.3 Å². The number of carbonyl (C=O) groups is 3. The van der Waals surface area contributed by atoms with Crippen molar-refractivity contribution in [2.75, 3.05) is 0 Å². The molecule has 0 saturated carbocycles. The number of nitrogens with one attached hydrogen (secondary N) is 1. The Hall–Kier alpha value is -1.94. The molecule has 0 saturated heterocycles. The molecule has 110 valence electrons. The second kappa shape index (κ2) is 5.80. The maximum atomic E-state index is 12.5. The van der Waals surface area contributed by atoms with Gasteiger partial charge in [0.2, 0.25) is 5.91 Å². The average Bonchev–Trinajstić information content (AvgIpc) is 2.21. The Kier molecular flexibility index (Phi) is 5.21. The topological polar surface area (TPSA) is 109 Å². The number of nitrogens with two attached hydrogens (primary N) is 1. The van der Waals surface area contributed by atoms with Gasteiger partial charge in [-0.15, -0.1) is 0 Å². The number of carboxylic acid groups (broad SMARTS) is 1. The number of amides is 2. The van der Waals surface area contributed by atoms with E-state index in [4.69, 9.17) is 5.11 Å². The highest BCUT2D eigenvalue weighted by molar-refractivity contribution is 5.89. The minimum absolute atomic E-state index is 0.602. The Morgan fingerprint density at radius 1 is 1.16 bits per heavy atom. The van der Waals surface area contributed by atoms with E-state index in [2.05, 4.69) is 5.73 Å². The monoisotopic (exact) mass is 292 g/mol. The third-order valence-electron chi connectivity index (χ3n) is 1.92. The fraction of sp³-hybridized carbons (Fsp3) is 0.625. The van der Waals surface area contributed by atoms with Gasteiger partial charge in [-0.25, -0.2) is 4.79 Å². The molecule has 0 radical (unpaired) electrons. The Morgan fingerprint density at radius 3 is 1.95 bits per heavy atom. The Labute approximate surface area is 102 Å². The first-order chi connectivity index (χ1) is 8.39. The second-order valence-electron chi connectivity index (χ2n) is 3.44. The lowest BCUT2D eigenvalue weighted by Crippen LogP contribution is -2.54. The molecule has 19 heavy (non-hydrogen) atoms. The zero-order chi connectivity index (χ0) is 15.4. The van der Waals surface area contributed by atoms with Crippen LogP contribution in [0.4, 0.5) is 22.0 Å². The molecule has 0 aromatic carbocycles. The molecule has 0 rings (SSSR count). The lowest BCUT2D eigenvalue weighted by molar-refractivity contribution is -0.270. The second-order valence-corrected chi connectivity index (χ2v) is 3.44. The highest BCUT2D eigenvalue weighted by Crippen LogP contribution is 2.35. The predicted molar refractivity (Wildman–Crippen MR) is 49.0 cm³/mol. The first-order valence-electron chi connectivity index (χ1n) is 4.66. The summed E-state index contributed by atoms with van der Waals surface area (Å²) in [6, 6.07) is -2.08. The molecule has 0 aromatic rings. The predicted octanol–water partition coefficient (Wildman–Crippen LogP) is 0.0189. The van der Waals surface area contributed by atoms with E-state index in [-0.39, 0.29) is 0 Å². The van der Waals surface area contributed by atoms with Crippen LogP contribution in [0.5, 0.6) is 0 Å². The van der Waals surface area contributed by atoms with Gasteiger partial charge in [0, 0.05) is 6.42 Å². The molecule has 6 nitrogen and oxygen atoms in total. The number of carbonyl (C=O) groups excluding carboxylic acids is 2. The number of hydrogen-bond donors (Lipinski definition) is 3. The first kappa shape index (κ1) is 17.1. The smallest absolute Gasteiger partial charge is 0.463 e. The summed E-state index contributed by atoms with van der Waals surface area (Å²) >= 11 is 0. The maximum Gasteiger partial charge on any atom is 0.463 e. The quantitative estimate of drug-likeness (QED) is 0.599. The van der Waals surface area contributed by atoms with Crippen molar-refractivity contribution in [3.05, 3.63) is 0 Å². The highest BCUT2D eigenvalue weighted by atomic mass is 19.4. The first-order valence-corrected chi connectivity index (χ1v) is 4.66. The number of aliphatic carboxylic acids is 1. The van der Waals surface area contributed by atoms with E-state index in [0.29, 0.717) is 0 Å². The van der Waals surface area contributed by atoms with Crippen LogP contribution in [0.25, 0.3) is 0 Å². The molecule has 11 heteroatoms.